The summed E-state index contributed by atoms with van der Waals surface area (Å²) in [4.78, 5) is 34.2. The van der Waals surface area contributed by atoms with Crippen molar-refractivity contribution in [1.82, 2.24) is 24.6 Å². The van der Waals surface area contributed by atoms with Crippen molar-refractivity contribution >= 4 is 17.0 Å². The first-order valence-electron chi connectivity index (χ1n) is 11.6. The van der Waals surface area contributed by atoms with Gasteiger partial charge in [0.2, 0.25) is 0 Å². The molecule has 2 aromatic heterocycles. The van der Waals surface area contributed by atoms with Crippen LogP contribution in [0.1, 0.15) is 24.1 Å². The third-order valence-electron chi connectivity index (χ3n) is 6.56. The zero-order valence-electron chi connectivity index (χ0n) is 19.7. The molecular weight excluding hydrogens is 446 g/mol. The summed E-state index contributed by atoms with van der Waals surface area (Å²) in [6.45, 7) is 4.04. The van der Waals surface area contributed by atoms with Gasteiger partial charge in [0.15, 0.2) is 5.52 Å². The number of likely N-dealkylation sites (tertiary alicyclic amines) is 1. The van der Waals surface area contributed by atoms with Crippen LogP contribution in [0.3, 0.4) is 0 Å². The SMILES string of the molecule is COc1cc(CN2CCC(C(=O)O)CC2)ccc1-c1nc2c(C)nn(-c3ccccc3)c2c(=O)[nH]1. The largest absolute Gasteiger partial charge is 0.496 e. The van der Waals surface area contributed by atoms with E-state index in [9.17, 15) is 14.7 Å². The highest BCUT2D eigenvalue weighted by atomic mass is 16.5. The van der Waals surface area contributed by atoms with Crippen LogP contribution in [0.25, 0.3) is 28.1 Å². The lowest BCUT2D eigenvalue weighted by atomic mass is 9.96. The summed E-state index contributed by atoms with van der Waals surface area (Å²) in [5.74, 6) is 0.0665. The molecule has 1 saturated heterocycles. The maximum absolute atomic E-state index is 13.1. The van der Waals surface area contributed by atoms with Gasteiger partial charge >= 0.3 is 5.97 Å². The van der Waals surface area contributed by atoms with Crippen LogP contribution in [0, 0.1) is 12.8 Å². The van der Waals surface area contributed by atoms with E-state index in [1.165, 1.54) is 0 Å². The van der Waals surface area contributed by atoms with E-state index in [-0.39, 0.29) is 11.5 Å². The maximum Gasteiger partial charge on any atom is 0.306 e. The smallest absolute Gasteiger partial charge is 0.306 e. The topological polar surface area (TPSA) is 113 Å². The number of methoxy groups -OCH3 is 1. The molecule has 180 valence electrons. The van der Waals surface area contributed by atoms with Crippen molar-refractivity contribution in [3.05, 3.63) is 70.1 Å². The Morgan fingerprint density at radius 3 is 2.60 bits per heavy atom. The molecule has 1 aliphatic rings. The summed E-state index contributed by atoms with van der Waals surface area (Å²) in [6.07, 6.45) is 1.32. The minimum absolute atomic E-state index is 0.254. The Morgan fingerprint density at radius 1 is 1.17 bits per heavy atom. The molecule has 9 heteroatoms. The van der Waals surface area contributed by atoms with Crippen LogP contribution < -0.4 is 10.3 Å². The summed E-state index contributed by atoms with van der Waals surface area (Å²) in [6, 6.07) is 15.3. The number of benzene rings is 2. The molecule has 0 aliphatic carbocycles. The number of fused-ring (bicyclic) bond motifs is 1. The highest BCUT2D eigenvalue weighted by Gasteiger charge is 2.25. The average Bonchev–Trinajstić information content (AvgIpc) is 3.21. The van der Waals surface area contributed by atoms with E-state index in [4.69, 9.17) is 9.72 Å². The van der Waals surface area contributed by atoms with Gasteiger partial charge in [0.1, 0.15) is 17.1 Å². The number of nitrogens with zero attached hydrogens (tertiary/aromatic N) is 4. The van der Waals surface area contributed by atoms with Gasteiger partial charge in [0, 0.05) is 6.54 Å². The monoisotopic (exact) mass is 473 g/mol. The van der Waals surface area contributed by atoms with Crippen LogP contribution in [-0.2, 0) is 11.3 Å². The molecule has 3 heterocycles. The van der Waals surface area contributed by atoms with E-state index in [2.05, 4.69) is 15.0 Å². The Balaban J connectivity index is 1.45. The first-order valence-corrected chi connectivity index (χ1v) is 11.6. The zero-order valence-corrected chi connectivity index (χ0v) is 19.7. The van der Waals surface area contributed by atoms with E-state index in [0.29, 0.717) is 53.3 Å². The minimum atomic E-state index is -0.710. The van der Waals surface area contributed by atoms with Crippen LogP contribution in [-0.4, -0.2) is 55.9 Å². The molecule has 0 amide bonds. The fourth-order valence-corrected chi connectivity index (χ4v) is 4.67. The number of piperidine rings is 1. The van der Waals surface area contributed by atoms with Gasteiger partial charge < -0.3 is 14.8 Å². The number of hydrogen-bond acceptors (Lipinski definition) is 6. The van der Waals surface area contributed by atoms with Gasteiger partial charge in [-0.3, -0.25) is 14.5 Å². The van der Waals surface area contributed by atoms with Crippen LogP contribution >= 0.6 is 0 Å². The van der Waals surface area contributed by atoms with Crippen LogP contribution in [0.2, 0.25) is 0 Å². The lowest BCUT2D eigenvalue weighted by molar-refractivity contribution is -0.143. The molecule has 35 heavy (non-hydrogen) atoms. The lowest BCUT2D eigenvalue weighted by Crippen LogP contribution is -2.35. The van der Waals surface area contributed by atoms with Crippen molar-refractivity contribution in [1.29, 1.82) is 0 Å². The van der Waals surface area contributed by atoms with Gasteiger partial charge in [-0.15, -0.1) is 0 Å². The second kappa shape index (κ2) is 9.34. The number of ether oxygens (including phenoxy) is 1. The first-order chi connectivity index (χ1) is 16.9. The molecule has 0 unspecified atom stereocenters. The fraction of sp³-hybridized carbons (Fsp3) is 0.308. The Bertz CT molecular complexity index is 1440. The molecule has 0 saturated carbocycles. The van der Waals surface area contributed by atoms with E-state index in [1.54, 1.807) is 11.8 Å². The molecule has 2 N–H and O–H groups in total. The van der Waals surface area contributed by atoms with Crippen LogP contribution in [0.5, 0.6) is 5.75 Å². The number of aromatic amines is 1. The Kier molecular flexibility index (Phi) is 6.08. The van der Waals surface area contributed by atoms with Crippen LogP contribution in [0.4, 0.5) is 0 Å². The van der Waals surface area contributed by atoms with Gasteiger partial charge in [0.05, 0.1) is 30.0 Å². The number of hydrogen-bond donors (Lipinski definition) is 2. The number of H-pyrrole nitrogens is 1. The number of rotatable bonds is 6. The van der Waals surface area contributed by atoms with E-state index in [0.717, 1.165) is 24.3 Å². The fourth-order valence-electron chi connectivity index (χ4n) is 4.67. The standard InChI is InChI=1S/C26H27N5O4/c1-16-22-23(31(29-16)19-6-4-3-5-7-19)25(32)28-24(27-22)20-9-8-17(14-21(20)35-2)15-30-12-10-18(11-13-30)26(33)34/h3-9,14,18H,10-13,15H2,1-2H3,(H,33,34)(H,27,28,32). The van der Waals surface area contributed by atoms with Crippen molar-refractivity contribution in [2.75, 3.05) is 20.2 Å². The molecule has 9 nitrogen and oxygen atoms in total. The predicted octanol–water partition coefficient (Wildman–Crippen LogP) is 3.39. The van der Waals surface area contributed by atoms with E-state index < -0.39 is 5.97 Å². The number of carboxylic acids is 1. The molecule has 1 fully saturated rings. The van der Waals surface area contributed by atoms with Crippen molar-refractivity contribution in [3.8, 4) is 22.8 Å². The lowest BCUT2D eigenvalue weighted by Gasteiger charge is -2.30. The third-order valence-corrected chi connectivity index (χ3v) is 6.56. The van der Waals surface area contributed by atoms with Gasteiger partial charge in [-0.1, -0.05) is 24.3 Å². The number of aromatic nitrogens is 4. The number of nitrogens with one attached hydrogen (secondary N) is 1. The van der Waals surface area contributed by atoms with Gasteiger partial charge in [-0.2, -0.15) is 5.10 Å². The molecule has 0 bridgehead atoms. The summed E-state index contributed by atoms with van der Waals surface area (Å²) < 4.78 is 7.27. The van der Waals surface area contributed by atoms with E-state index in [1.807, 2.05) is 55.5 Å². The third kappa shape index (κ3) is 4.42. The summed E-state index contributed by atoms with van der Waals surface area (Å²) >= 11 is 0. The minimum Gasteiger partial charge on any atom is -0.496 e. The zero-order chi connectivity index (χ0) is 24.5. The second-order valence-electron chi connectivity index (χ2n) is 8.87. The summed E-state index contributed by atoms with van der Waals surface area (Å²) in [7, 11) is 1.59. The molecule has 0 spiro atoms. The second-order valence-corrected chi connectivity index (χ2v) is 8.87. The van der Waals surface area contributed by atoms with E-state index >= 15 is 0 Å². The summed E-state index contributed by atoms with van der Waals surface area (Å²) in [5.41, 5.74) is 3.86. The van der Waals surface area contributed by atoms with Gasteiger partial charge in [0.25, 0.3) is 5.56 Å². The number of carbonyl (C=O) groups is 1. The van der Waals surface area contributed by atoms with Crippen molar-refractivity contribution in [2.24, 2.45) is 5.92 Å². The van der Waals surface area contributed by atoms with Crippen molar-refractivity contribution in [2.45, 2.75) is 26.3 Å². The molecular formula is C26H27N5O4. The number of para-hydroxylation sites is 1. The first kappa shape index (κ1) is 22.8. The molecule has 5 rings (SSSR count). The van der Waals surface area contributed by atoms with Crippen molar-refractivity contribution < 1.29 is 14.6 Å². The highest BCUT2D eigenvalue weighted by Crippen LogP contribution is 2.30. The Hall–Kier alpha value is -3.98. The maximum atomic E-state index is 13.1. The molecule has 0 radical (unpaired) electrons. The Labute approximate surface area is 202 Å². The number of aryl methyl sites for hydroxylation is 1. The number of carboxylic acid groups (broad SMARTS) is 1. The normalized spacial score (nSPS) is 14.9. The molecule has 0 atom stereocenters. The number of aliphatic carboxylic acids is 1. The quantitative estimate of drug-likeness (QED) is 0.441. The average molecular weight is 474 g/mol. The van der Waals surface area contributed by atoms with Crippen molar-refractivity contribution in [3.63, 3.8) is 0 Å². The molecule has 1 aliphatic heterocycles. The van der Waals surface area contributed by atoms with Gasteiger partial charge in [-0.05, 0) is 62.7 Å². The highest BCUT2D eigenvalue weighted by molar-refractivity contribution is 5.81. The van der Waals surface area contributed by atoms with Gasteiger partial charge in [-0.25, -0.2) is 9.67 Å². The van der Waals surface area contributed by atoms with Crippen LogP contribution in [0.15, 0.2) is 53.3 Å². The predicted molar refractivity (Wildman–Crippen MR) is 132 cm³/mol. The molecule has 2 aromatic carbocycles. The molecule has 4 aromatic rings. The Morgan fingerprint density at radius 2 is 1.91 bits per heavy atom. The summed E-state index contributed by atoms with van der Waals surface area (Å²) in [5, 5.41) is 13.8.